The van der Waals surface area contributed by atoms with E-state index in [2.05, 4.69) is 27.9 Å². The molecular weight excluding hydrogens is 484 g/mol. The zero-order valence-electron chi connectivity index (χ0n) is 22.9. The summed E-state index contributed by atoms with van der Waals surface area (Å²) in [6, 6.07) is 6.71. The minimum absolute atomic E-state index is 0.0382. The Morgan fingerprint density at radius 3 is 2.63 bits per heavy atom. The third-order valence-electron chi connectivity index (χ3n) is 7.27. The number of aromatic nitrogens is 1. The van der Waals surface area contributed by atoms with Gasteiger partial charge in [-0.3, -0.25) is 24.4 Å². The highest BCUT2D eigenvalue weighted by molar-refractivity contribution is 5.89. The van der Waals surface area contributed by atoms with Gasteiger partial charge in [0.15, 0.2) is 0 Å². The van der Waals surface area contributed by atoms with E-state index in [0.29, 0.717) is 26.0 Å². The molecule has 0 spiro atoms. The fourth-order valence-corrected chi connectivity index (χ4v) is 4.99. The van der Waals surface area contributed by atoms with Crippen molar-refractivity contribution in [1.82, 2.24) is 20.7 Å². The summed E-state index contributed by atoms with van der Waals surface area (Å²) in [5, 5.41) is 6.33. The summed E-state index contributed by atoms with van der Waals surface area (Å²) < 4.78 is 11.8. The highest BCUT2D eigenvalue weighted by Gasteiger charge is 2.33. The molecule has 1 fully saturated rings. The number of hydrazine groups is 1. The first-order chi connectivity index (χ1) is 18.2. The van der Waals surface area contributed by atoms with Crippen LogP contribution in [0.15, 0.2) is 30.5 Å². The molecule has 2 aromatic rings. The third-order valence-corrected chi connectivity index (χ3v) is 7.27. The number of carbonyl (C=O) groups is 3. The number of carbonyl (C=O) groups excluding carboxylic acids is 3. The van der Waals surface area contributed by atoms with Crippen molar-refractivity contribution in [2.75, 3.05) is 13.2 Å². The second-order valence-corrected chi connectivity index (χ2v) is 10.8. The van der Waals surface area contributed by atoms with Gasteiger partial charge in [-0.25, -0.2) is 5.43 Å². The molecule has 2 amide bonds. The molecule has 4 rings (SSSR count). The Balaban J connectivity index is 1.55. The van der Waals surface area contributed by atoms with E-state index in [4.69, 9.17) is 9.47 Å². The second-order valence-electron chi connectivity index (χ2n) is 10.8. The van der Waals surface area contributed by atoms with Gasteiger partial charge >= 0.3 is 5.97 Å². The van der Waals surface area contributed by atoms with E-state index in [1.165, 1.54) is 5.01 Å². The number of pyridine rings is 1. The van der Waals surface area contributed by atoms with Crippen LogP contribution in [0.4, 0.5) is 0 Å². The van der Waals surface area contributed by atoms with Crippen LogP contribution in [0.1, 0.15) is 77.2 Å². The maximum atomic E-state index is 13.1. The summed E-state index contributed by atoms with van der Waals surface area (Å²) in [5.74, 6) is -1.04. The molecule has 0 saturated carbocycles. The molecule has 3 heterocycles. The average Bonchev–Trinajstić information content (AvgIpc) is 2.90. The predicted octanol–water partition coefficient (Wildman–Crippen LogP) is 3.61. The number of benzene rings is 1. The van der Waals surface area contributed by atoms with Crippen molar-refractivity contribution in [2.45, 2.75) is 90.5 Å². The summed E-state index contributed by atoms with van der Waals surface area (Å²) in [6.45, 7) is 8.30. The van der Waals surface area contributed by atoms with Gasteiger partial charge in [-0.2, -0.15) is 0 Å². The Morgan fingerprint density at radius 2 is 1.84 bits per heavy atom. The third kappa shape index (κ3) is 6.88. The molecule has 9 heteroatoms. The van der Waals surface area contributed by atoms with Gasteiger partial charge in [0, 0.05) is 30.4 Å². The van der Waals surface area contributed by atoms with Crippen LogP contribution in [0.2, 0.25) is 0 Å². The second kappa shape index (κ2) is 12.7. The normalized spacial score (nSPS) is 26.7. The number of amides is 2. The van der Waals surface area contributed by atoms with E-state index in [0.717, 1.165) is 47.7 Å². The fourth-order valence-electron chi connectivity index (χ4n) is 4.99. The maximum Gasteiger partial charge on any atom is 0.325 e. The number of cyclic esters (lactones) is 1. The number of ether oxygens (including phenoxy) is 2. The van der Waals surface area contributed by atoms with Crippen molar-refractivity contribution in [3.63, 3.8) is 0 Å². The standard InChI is InChI=1S/C29H40N4O5/c1-18(2)26-27(34)31-19(3)28(35)33-13-8-10-25(32-33)29(36)38-20(4)21-11-12-22-17-30-24(16-23(22)15-21)9-6-5-7-14-37-26/h11-12,15-20,25-26,32H,5-10,13-14H2,1-4H3,(H,31,34)/t19-,20+,25-,26-/m0/s1. The molecule has 9 nitrogen and oxygen atoms in total. The quantitative estimate of drug-likeness (QED) is 0.549. The van der Waals surface area contributed by atoms with E-state index >= 15 is 0 Å². The van der Waals surface area contributed by atoms with E-state index < -0.39 is 30.3 Å². The monoisotopic (exact) mass is 524 g/mol. The highest BCUT2D eigenvalue weighted by atomic mass is 16.5. The summed E-state index contributed by atoms with van der Waals surface area (Å²) >= 11 is 0. The Labute approximate surface area is 224 Å². The van der Waals surface area contributed by atoms with Crippen LogP contribution >= 0.6 is 0 Å². The van der Waals surface area contributed by atoms with Crippen molar-refractivity contribution in [1.29, 1.82) is 0 Å². The van der Waals surface area contributed by atoms with Crippen molar-refractivity contribution < 1.29 is 23.9 Å². The molecule has 0 radical (unpaired) electrons. The maximum absolute atomic E-state index is 13.1. The van der Waals surface area contributed by atoms with Crippen molar-refractivity contribution in [3.8, 4) is 0 Å². The minimum Gasteiger partial charge on any atom is -0.457 e. The van der Waals surface area contributed by atoms with Crippen molar-refractivity contribution in [3.05, 3.63) is 41.7 Å². The van der Waals surface area contributed by atoms with Gasteiger partial charge in [-0.1, -0.05) is 32.4 Å². The molecular formula is C29H40N4O5. The zero-order valence-corrected chi connectivity index (χ0v) is 22.9. The van der Waals surface area contributed by atoms with Crippen LogP contribution in [0.5, 0.6) is 0 Å². The molecule has 2 aliphatic rings. The Kier molecular flexibility index (Phi) is 9.33. The van der Waals surface area contributed by atoms with Crippen LogP contribution in [0, 0.1) is 5.92 Å². The number of aryl methyl sites for hydroxylation is 1. The molecule has 4 atom stereocenters. The lowest BCUT2D eigenvalue weighted by molar-refractivity contribution is -0.157. The summed E-state index contributed by atoms with van der Waals surface area (Å²) in [7, 11) is 0. The molecule has 0 aliphatic carbocycles. The lowest BCUT2D eigenvalue weighted by Gasteiger charge is -2.35. The first kappa shape index (κ1) is 28.0. The number of rotatable bonds is 1. The van der Waals surface area contributed by atoms with Crippen LogP contribution in [-0.4, -0.2) is 59.1 Å². The zero-order chi connectivity index (χ0) is 27.2. The number of fused-ring (bicyclic) bond motifs is 4. The smallest absolute Gasteiger partial charge is 0.325 e. The SMILES string of the molecule is CC(C)[C@@H]1OCCCCCc2cc3cc(ccc3cn2)[C@@H](C)OC(=O)[C@@H]2CCCN(N2)C(=O)[C@H](C)NC1=O. The summed E-state index contributed by atoms with van der Waals surface area (Å²) in [5.41, 5.74) is 4.95. The van der Waals surface area contributed by atoms with Gasteiger partial charge in [-0.05, 0) is 75.0 Å². The molecule has 5 bridgehead atoms. The number of hydrogen-bond donors (Lipinski definition) is 2. The van der Waals surface area contributed by atoms with Crippen LogP contribution in [-0.2, 0) is 30.3 Å². The number of nitrogens with one attached hydrogen (secondary N) is 2. The number of esters is 1. The van der Waals surface area contributed by atoms with E-state index in [9.17, 15) is 14.4 Å². The van der Waals surface area contributed by atoms with Gasteiger partial charge in [0.25, 0.3) is 5.91 Å². The topological polar surface area (TPSA) is 110 Å². The Morgan fingerprint density at radius 1 is 1.03 bits per heavy atom. The van der Waals surface area contributed by atoms with Gasteiger partial charge in [0.2, 0.25) is 5.91 Å². The molecule has 38 heavy (non-hydrogen) atoms. The van der Waals surface area contributed by atoms with Crippen LogP contribution < -0.4 is 10.7 Å². The minimum atomic E-state index is -0.764. The van der Waals surface area contributed by atoms with Gasteiger partial charge in [0.1, 0.15) is 24.3 Å². The van der Waals surface area contributed by atoms with Gasteiger partial charge in [0.05, 0.1) is 0 Å². The first-order valence-electron chi connectivity index (χ1n) is 13.8. The Hall–Kier alpha value is -3.04. The predicted molar refractivity (Wildman–Crippen MR) is 144 cm³/mol. The molecule has 2 N–H and O–H groups in total. The van der Waals surface area contributed by atoms with E-state index in [-0.39, 0.29) is 17.7 Å². The molecule has 1 aromatic heterocycles. The van der Waals surface area contributed by atoms with Gasteiger partial charge < -0.3 is 14.8 Å². The van der Waals surface area contributed by atoms with Crippen LogP contribution in [0.25, 0.3) is 10.8 Å². The summed E-state index contributed by atoms with van der Waals surface area (Å²) in [6.07, 6.45) is 5.62. The van der Waals surface area contributed by atoms with Crippen molar-refractivity contribution >= 4 is 28.6 Å². The fraction of sp³-hybridized carbons (Fsp3) is 0.586. The molecule has 2 aliphatic heterocycles. The first-order valence-corrected chi connectivity index (χ1v) is 13.8. The Bertz CT molecular complexity index is 1150. The lowest BCUT2D eigenvalue weighted by Crippen LogP contribution is -2.60. The largest absolute Gasteiger partial charge is 0.457 e. The highest BCUT2D eigenvalue weighted by Crippen LogP contribution is 2.24. The molecule has 0 unspecified atom stereocenters. The van der Waals surface area contributed by atoms with Gasteiger partial charge in [-0.15, -0.1) is 0 Å². The molecule has 1 saturated heterocycles. The molecule has 206 valence electrons. The van der Waals surface area contributed by atoms with E-state index in [1.807, 2.05) is 39.1 Å². The number of nitrogens with zero attached hydrogens (tertiary/aromatic N) is 2. The van der Waals surface area contributed by atoms with E-state index in [1.54, 1.807) is 6.92 Å². The molecule has 1 aromatic carbocycles. The number of hydrogen-bond acceptors (Lipinski definition) is 7. The van der Waals surface area contributed by atoms with Crippen molar-refractivity contribution in [2.24, 2.45) is 5.92 Å². The summed E-state index contributed by atoms with van der Waals surface area (Å²) in [4.78, 5) is 43.7. The average molecular weight is 525 g/mol. The lowest BCUT2D eigenvalue weighted by atomic mass is 10.0. The van der Waals surface area contributed by atoms with Crippen LogP contribution in [0.3, 0.4) is 0 Å².